The first-order valence-electron chi connectivity index (χ1n) is 5.86. The summed E-state index contributed by atoms with van der Waals surface area (Å²) < 4.78 is 32.4. The summed E-state index contributed by atoms with van der Waals surface area (Å²) in [6.07, 6.45) is 1.55. The summed E-state index contributed by atoms with van der Waals surface area (Å²) in [4.78, 5) is 0. The lowest BCUT2D eigenvalue weighted by Gasteiger charge is -2.18. The van der Waals surface area contributed by atoms with Gasteiger partial charge in [-0.25, -0.2) is 8.78 Å². The summed E-state index contributed by atoms with van der Waals surface area (Å²) >= 11 is 0. The monoisotopic (exact) mass is 251 g/mol. The van der Waals surface area contributed by atoms with Crippen LogP contribution in [0.25, 0.3) is 0 Å². The maximum Gasteiger partial charge on any atom is 0.163 e. The van der Waals surface area contributed by atoms with Crippen molar-refractivity contribution in [1.82, 2.24) is 5.32 Å². The molecule has 0 bridgehead atoms. The number of hydrogen-bond acceptors (Lipinski definition) is 2. The molecule has 0 aliphatic carbocycles. The molecular weight excluding hydrogens is 236 g/mol. The van der Waals surface area contributed by atoms with Gasteiger partial charge in [0.1, 0.15) is 5.76 Å². The van der Waals surface area contributed by atoms with Crippen molar-refractivity contribution in [2.75, 3.05) is 6.54 Å². The van der Waals surface area contributed by atoms with Gasteiger partial charge in [-0.1, -0.05) is 19.1 Å². The summed E-state index contributed by atoms with van der Waals surface area (Å²) in [5.74, 6) is -0.954. The molecule has 0 aliphatic rings. The molecule has 4 heteroatoms. The average Bonchev–Trinajstić information content (AvgIpc) is 2.76. The smallest absolute Gasteiger partial charge is 0.163 e. The molecule has 0 fully saturated rings. The first kappa shape index (κ1) is 12.8. The highest BCUT2D eigenvalue weighted by Gasteiger charge is 2.21. The molecule has 0 aliphatic heterocycles. The van der Waals surface area contributed by atoms with Gasteiger partial charge in [-0.3, -0.25) is 0 Å². The molecule has 1 unspecified atom stereocenters. The highest BCUT2D eigenvalue weighted by Crippen LogP contribution is 2.28. The Bertz CT molecular complexity index is 536. The number of rotatable bonds is 4. The molecular formula is C14H15F2NO. The molecule has 96 valence electrons. The molecule has 0 saturated heterocycles. The molecule has 2 rings (SSSR count). The third-order valence-corrected chi connectivity index (χ3v) is 2.91. The number of benzene rings is 1. The molecule has 0 spiro atoms. The molecule has 1 atom stereocenters. The molecule has 2 nitrogen and oxygen atoms in total. The van der Waals surface area contributed by atoms with Crippen molar-refractivity contribution in [1.29, 1.82) is 0 Å². The fraction of sp³-hybridized carbons (Fsp3) is 0.286. The number of aryl methyl sites for hydroxylation is 1. The van der Waals surface area contributed by atoms with Crippen LogP contribution in [0, 0.1) is 18.6 Å². The lowest BCUT2D eigenvalue weighted by Crippen LogP contribution is -2.23. The Labute approximate surface area is 105 Å². The van der Waals surface area contributed by atoms with Crippen LogP contribution in [-0.4, -0.2) is 6.54 Å². The van der Waals surface area contributed by atoms with E-state index in [4.69, 9.17) is 4.42 Å². The van der Waals surface area contributed by atoms with Gasteiger partial charge in [0, 0.05) is 11.1 Å². The summed E-state index contributed by atoms with van der Waals surface area (Å²) in [6, 6.07) is 5.58. The van der Waals surface area contributed by atoms with Gasteiger partial charge in [0.05, 0.1) is 12.3 Å². The first-order valence-corrected chi connectivity index (χ1v) is 5.86. The minimum atomic E-state index is -0.837. The quantitative estimate of drug-likeness (QED) is 0.898. The van der Waals surface area contributed by atoms with E-state index in [-0.39, 0.29) is 0 Å². The molecule has 0 saturated carbocycles. The standard InChI is InChI=1S/C14H15F2NO/c1-3-17-14(10-7-8-18-9(10)2)11-5-4-6-12(15)13(11)16/h4-8,14,17H,3H2,1-2H3. The van der Waals surface area contributed by atoms with Crippen LogP contribution >= 0.6 is 0 Å². The van der Waals surface area contributed by atoms with Crippen molar-refractivity contribution >= 4 is 0 Å². The minimum Gasteiger partial charge on any atom is -0.469 e. The van der Waals surface area contributed by atoms with Crippen molar-refractivity contribution in [2.45, 2.75) is 19.9 Å². The van der Waals surface area contributed by atoms with Gasteiger partial charge in [0.2, 0.25) is 0 Å². The lowest BCUT2D eigenvalue weighted by atomic mass is 9.98. The maximum atomic E-state index is 13.9. The highest BCUT2D eigenvalue weighted by atomic mass is 19.2. The Morgan fingerprint density at radius 1 is 1.22 bits per heavy atom. The summed E-state index contributed by atoms with van der Waals surface area (Å²) in [7, 11) is 0. The number of halogens is 2. The normalized spacial score (nSPS) is 12.7. The van der Waals surface area contributed by atoms with Crippen LogP contribution in [0.1, 0.15) is 29.9 Å². The highest BCUT2D eigenvalue weighted by molar-refractivity contribution is 5.34. The zero-order valence-corrected chi connectivity index (χ0v) is 10.3. The summed E-state index contributed by atoms with van der Waals surface area (Å²) in [6.45, 7) is 4.36. The Balaban J connectivity index is 2.48. The predicted molar refractivity (Wildman–Crippen MR) is 65.3 cm³/mol. The number of furan rings is 1. The second-order valence-electron chi connectivity index (χ2n) is 4.07. The van der Waals surface area contributed by atoms with Crippen molar-refractivity contribution in [2.24, 2.45) is 0 Å². The largest absolute Gasteiger partial charge is 0.469 e. The van der Waals surface area contributed by atoms with Crippen LogP contribution in [0.4, 0.5) is 8.78 Å². The van der Waals surface area contributed by atoms with E-state index in [0.717, 1.165) is 11.6 Å². The van der Waals surface area contributed by atoms with E-state index in [9.17, 15) is 8.78 Å². The van der Waals surface area contributed by atoms with E-state index in [0.29, 0.717) is 17.9 Å². The van der Waals surface area contributed by atoms with Gasteiger partial charge in [0.15, 0.2) is 11.6 Å². The fourth-order valence-corrected chi connectivity index (χ4v) is 2.03. The lowest BCUT2D eigenvalue weighted by molar-refractivity contribution is 0.478. The molecule has 1 heterocycles. The second kappa shape index (κ2) is 5.31. The van der Waals surface area contributed by atoms with E-state index >= 15 is 0 Å². The zero-order chi connectivity index (χ0) is 13.1. The van der Waals surface area contributed by atoms with Crippen molar-refractivity contribution in [3.05, 3.63) is 59.1 Å². The van der Waals surface area contributed by atoms with Gasteiger partial charge in [0.25, 0.3) is 0 Å². The van der Waals surface area contributed by atoms with Gasteiger partial charge < -0.3 is 9.73 Å². The second-order valence-corrected chi connectivity index (χ2v) is 4.07. The van der Waals surface area contributed by atoms with E-state index in [1.165, 1.54) is 6.07 Å². The Morgan fingerprint density at radius 2 is 2.00 bits per heavy atom. The number of hydrogen-bond donors (Lipinski definition) is 1. The van der Waals surface area contributed by atoms with E-state index < -0.39 is 17.7 Å². The Morgan fingerprint density at radius 3 is 2.61 bits per heavy atom. The Kier molecular flexibility index (Phi) is 3.77. The van der Waals surface area contributed by atoms with E-state index in [2.05, 4.69) is 5.32 Å². The summed E-state index contributed by atoms with van der Waals surface area (Å²) in [5, 5.41) is 3.14. The number of nitrogens with one attached hydrogen (secondary N) is 1. The van der Waals surface area contributed by atoms with Gasteiger partial charge in [-0.15, -0.1) is 0 Å². The average molecular weight is 251 g/mol. The molecule has 1 N–H and O–H groups in total. The minimum absolute atomic E-state index is 0.293. The molecule has 0 radical (unpaired) electrons. The maximum absolute atomic E-state index is 13.9. The SMILES string of the molecule is CCNC(c1ccoc1C)c1cccc(F)c1F. The van der Waals surface area contributed by atoms with Crippen LogP contribution in [-0.2, 0) is 0 Å². The molecule has 2 aromatic rings. The van der Waals surface area contributed by atoms with Crippen LogP contribution < -0.4 is 5.32 Å². The van der Waals surface area contributed by atoms with Crippen molar-refractivity contribution in [3.63, 3.8) is 0 Å². The third kappa shape index (κ3) is 2.29. The topological polar surface area (TPSA) is 25.2 Å². The van der Waals surface area contributed by atoms with Crippen LogP contribution in [0.3, 0.4) is 0 Å². The Hall–Kier alpha value is -1.68. The van der Waals surface area contributed by atoms with Gasteiger partial charge >= 0.3 is 0 Å². The van der Waals surface area contributed by atoms with E-state index in [1.54, 1.807) is 25.3 Å². The van der Waals surface area contributed by atoms with Crippen molar-refractivity contribution < 1.29 is 13.2 Å². The van der Waals surface area contributed by atoms with Crippen LogP contribution in [0.15, 0.2) is 34.9 Å². The molecule has 1 aromatic carbocycles. The van der Waals surface area contributed by atoms with Gasteiger partial charge in [-0.05, 0) is 25.6 Å². The fourth-order valence-electron chi connectivity index (χ4n) is 2.03. The van der Waals surface area contributed by atoms with Crippen LogP contribution in [0.5, 0.6) is 0 Å². The van der Waals surface area contributed by atoms with Crippen molar-refractivity contribution in [3.8, 4) is 0 Å². The molecule has 0 amide bonds. The van der Waals surface area contributed by atoms with Gasteiger partial charge in [-0.2, -0.15) is 0 Å². The third-order valence-electron chi connectivity index (χ3n) is 2.91. The molecule has 1 aromatic heterocycles. The van der Waals surface area contributed by atoms with E-state index in [1.807, 2.05) is 6.92 Å². The first-order chi connectivity index (χ1) is 8.65. The zero-order valence-electron chi connectivity index (χ0n) is 10.3. The predicted octanol–water partition coefficient (Wildman–Crippen LogP) is 3.57. The molecule has 18 heavy (non-hydrogen) atoms. The van der Waals surface area contributed by atoms with Crippen LogP contribution in [0.2, 0.25) is 0 Å². The summed E-state index contributed by atoms with van der Waals surface area (Å²) in [5.41, 5.74) is 1.11.